The molecule has 0 radical (unpaired) electrons. The number of halogens is 1. The van der Waals surface area contributed by atoms with E-state index >= 15 is 0 Å². The lowest BCUT2D eigenvalue weighted by atomic mass is 10.1. The van der Waals surface area contributed by atoms with Crippen LogP contribution in [0.25, 0.3) is 17.0 Å². The molecule has 0 amide bonds. The van der Waals surface area contributed by atoms with Gasteiger partial charge in [0.05, 0.1) is 0 Å². The van der Waals surface area contributed by atoms with Gasteiger partial charge in [0.15, 0.2) is 0 Å². The van der Waals surface area contributed by atoms with Crippen molar-refractivity contribution in [2.45, 2.75) is 0 Å². The molecule has 0 unspecified atom stereocenters. The van der Waals surface area contributed by atoms with E-state index in [4.69, 9.17) is 5.11 Å². The number of carboxylic acid groups (broad SMARTS) is 1. The van der Waals surface area contributed by atoms with Gasteiger partial charge in [0.2, 0.25) is 5.43 Å². The maximum atomic E-state index is 11.9. The average Bonchev–Trinajstić information content (AvgIpc) is 2.36. The Hall–Kier alpha value is -1.88. The molecule has 0 atom stereocenters. The molecule has 1 heterocycles. The first-order valence-corrected chi connectivity index (χ1v) is 6.37. The Balaban J connectivity index is 2.61. The lowest BCUT2D eigenvalue weighted by Gasteiger charge is -2.01. The van der Waals surface area contributed by atoms with Crippen molar-refractivity contribution in [2.75, 3.05) is 5.33 Å². The van der Waals surface area contributed by atoms with Gasteiger partial charge < -0.3 is 10.1 Å². The predicted molar refractivity (Wildman–Crippen MR) is 74.4 cm³/mol. The first-order valence-electron chi connectivity index (χ1n) is 5.24. The van der Waals surface area contributed by atoms with Crippen LogP contribution in [0.2, 0.25) is 0 Å². The molecule has 0 fully saturated rings. The molecule has 2 N–H and O–H groups in total. The first kappa shape index (κ1) is 12.6. The lowest BCUT2D eigenvalue weighted by Crippen LogP contribution is -2.15. The van der Waals surface area contributed by atoms with Crippen LogP contribution >= 0.6 is 15.9 Å². The van der Waals surface area contributed by atoms with Crippen LogP contribution in [0.4, 0.5) is 0 Å². The van der Waals surface area contributed by atoms with E-state index in [1.54, 1.807) is 12.1 Å². The normalized spacial score (nSPS) is 11.2. The van der Waals surface area contributed by atoms with Gasteiger partial charge in [-0.15, -0.1) is 0 Å². The first-order chi connectivity index (χ1) is 8.63. The molecule has 0 saturated carbocycles. The van der Waals surface area contributed by atoms with Crippen LogP contribution in [0.1, 0.15) is 15.9 Å². The third-order valence-electron chi connectivity index (χ3n) is 2.53. The number of pyridine rings is 1. The number of hydrogen-bond acceptors (Lipinski definition) is 2. The maximum Gasteiger partial charge on any atom is 0.341 e. The third kappa shape index (κ3) is 2.36. The van der Waals surface area contributed by atoms with E-state index in [9.17, 15) is 9.59 Å². The maximum absolute atomic E-state index is 11.9. The number of nitrogens with one attached hydrogen (secondary N) is 1. The van der Waals surface area contributed by atoms with Gasteiger partial charge in [-0.2, -0.15) is 0 Å². The molecule has 0 bridgehead atoms. The van der Waals surface area contributed by atoms with Crippen molar-refractivity contribution in [2.24, 2.45) is 0 Å². The van der Waals surface area contributed by atoms with E-state index in [0.717, 1.165) is 10.9 Å². The summed E-state index contributed by atoms with van der Waals surface area (Å²) in [5.74, 6) is -1.22. The molecular formula is C13H10BrNO3. The van der Waals surface area contributed by atoms with Crippen LogP contribution in [0.15, 0.2) is 35.3 Å². The zero-order valence-corrected chi connectivity index (χ0v) is 10.9. The molecule has 92 valence electrons. The highest BCUT2D eigenvalue weighted by atomic mass is 79.9. The number of aromatic carboxylic acids is 1. The Labute approximate surface area is 111 Å². The topological polar surface area (TPSA) is 70.2 Å². The highest BCUT2D eigenvalue weighted by Crippen LogP contribution is 2.12. The van der Waals surface area contributed by atoms with E-state index in [0.29, 0.717) is 10.9 Å². The molecule has 2 rings (SSSR count). The summed E-state index contributed by atoms with van der Waals surface area (Å²) < 4.78 is 0. The number of fused-ring (bicyclic) bond motifs is 1. The van der Waals surface area contributed by atoms with Gasteiger partial charge in [0, 0.05) is 22.4 Å². The highest BCUT2D eigenvalue weighted by Gasteiger charge is 2.10. The SMILES string of the molecule is O=C(O)c1c[nH]c2cc(C=CCBr)ccc2c1=O. The van der Waals surface area contributed by atoms with Gasteiger partial charge in [-0.1, -0.05) is 34.1 Å². The zero-order chi connectivity index (χ0) is 13.1. The Morgan fingerprint density at radius 1 is 1.44 bits per heavy atom. The van der Waals surface area contributed by atoms with Crippen molar-refractivity contribution < 1.29 is 9.90 Å². The number of aromatic amines is 1. The minimum Gasteiger partial charge on any atom is -0.477 e. The smallest absolute Gasteiger partial charge is 0.341 e. The van der Waals surface area contributed by atoms with Gasteiger partial charge >= 0.3 is 5.97 Å². The summed E-state index contributed by atoms with van der Waals surface area (Å²) in [5, 5.41) is 9.99. The molecule has 4 nitrogen and oxygen atoms in total. The average molecular weight is 308 g/mol. The molecule has 1 aromatic heterocycles. The van der Waals surface area contributed by atoms with E-state index in [1.165, 1.54) is 6.20 Å². The van der Waals surface area contributed by atoms with Crippen LogP contribution in [-0.4, -0.2) is 21.4 Å². The van der Waals surface area contributed by atoms with E-state index in [-0.39, 0.29) is 5.56 Å². The minimum absolute atomic E-state index is 0.244. The van der Waals surface area contributed by atoms with Crippen molar-refractivity contribution in [1.82, 2.24) is 4.98 Å². The number of carbonyl (C=O) groups is 1. The van der Waals surface area contributed by atoms with Gasteiger partial charge in [-0.05, 0) is 17.7 Å². The Morgan fingerprint density at radius 2 is 2.22 bits per heavy atom. The molecule has 5 heteroatoms. The standard InChI is InChI=1S/C13H10BrNO3/c14-5-1-2-8-3-4-9-11(6-8)15-7-10(12(9)16)13(17)18/h1-4,6-7H,5H2,(H,15,16)(H,17,18). The summed E-state index contributed by atoms with van der Waals surface area (Å²) in [6, 6.07) is 5.22. The molecule has 0 aliphatic carbocycles. The summed E-state index contributed by atoms with van der Waals surface area (Å²) in [6.45, 7) is 0. The van der Waals surface area contributed by atoms with Gasteiger partial charge in [0.25, 0.3) is 0 Å². The molecule has 0 aliphatic rings. The van der Waals surface area contributed by atoms with Crippen LogP contribution in [0, 0.1) is 0 Å². The fraction of sp³-hybridized carbons (Fsp3) is 0.0769. The predicted octanol–water partition coefficient (Wildman–Crippen LogP) is 2.63. The van der Waals surface area contributed by atoms with Crippen molar-refractivity contribution in [3.05, 3.63) is 51.8 Å². The second kappa shape index (κ2) is 5.18. The lowest BCUT2D eigenvalue weighted by molar-refractivity contribution is 0.0695. The number of alkyl halides is 1. The molecular weight excluding hydrogens is 298 g/mol. The van der Waals surface area contributed by atoms with Crippen molar-refractivity contribution in [1.29, 1.82) is 0 Å². The van der Waals surface area contributed by atoms with Crippen molar-refractivity contribution >= 4 is 38.9 Å². The zero-order valence-electron chi connectivity index (χ0n) is 9.31. The number of H-pyrrole nitrogens is 1. The quantitative estimate of drug-likeness (QED) is 0.856. The van der Waals surface area contributed by atoms with E-state index < -0.39 is 11.4 Å². The molecule has 2 aromatic rings. The minimum atomic E-state index is -1.22. The number of allylic oxidation sites excluding steroid dienone is 1. The van der Waals surface area contributed by atoms with Crippen LogP contribution < -0.4 is 5.43 Å². The van der Waals surface area contributed by atoms with Gasteiger partial charge in [-0.25, -0.2) is 4.79 Å². The van der Waals surface area contributed by atoms with E-state index in [1.807, 2.05) is 18.2 Å². The summed E-state index contributed by atoms with van der Waals surface area (Å²) in [5.41, 5.74) is 0.862. The van der Waals surface area contributed by atoms with Crippen LogP contribution in [-0.2, 0) is 0 Å². The van der Waals surface area contributed by atoms with Gasteiger partial charge in [0.1, 0.15) is 5.56 Å². The molecule has 0 aliphatic heterocycles. The van der Waals surface area contributed by atoms with Gasteiger partial charge in [-0.3, -0.25) is 4.79 Å². The molecule has 0 saturated heterocycles. The monoisotopic (exact) mass is 307 g/mol. The third-order valence-corrected chi connectivity index (χ3v) is 2.91. The summed E-state index contributed by atoms with van der Waals surface area (Å²) in [6.07, 6.45) is 5.08. The Bertz CT molecular complexity index is 688. The van der Waals surface area contributed by atoms with Crippen LogP contribution in [0.5, 0.6) is 0 Å². The second-order valence-corrected chi connectivity index (χ2v) is 4.35. The highest BCUT2D eigenvalue weighted by molar-refractivity contribution is 9.09. The summed E-state index contributed by atoms with van der Waals surface area (Å²) >= 11 is 3.28. The van der Waals surface area contributed by atoms with E-state index in [2.05, 4.69) is 20.9 Å². The number of rotatable bonds is 3. The fourth-order valence-electron chi connectivity index (χ4n) is 1.68. The van der Waals surface area contributed by atoms with Crippen molar-refractivity contribution in [3.8, 4) is 0 Å². The summed E-state index contributed by atoms with van der Waals surface area (Å²) in [7, 11) is 0. The molecule has 18 heavy (non-hydrogen) atoms. The van der Waals surface area contributed by atoms with Crippen molar-refractivity contribution in [3.63, 3.8) is 0 Å². The van der Waals surface area contributed by atoms with Crippen LogP contribution in [0.3, 0.4) is 0 Å². The number of benzene rings is 1. The largest absolute Gasteiger partial charge is 0.477 e. The second-order valence-electron chi connectivity index (χ2n) is 3.70. The molecule has 1 aromatic carbocycles. The molecule has 0 spiro atoms. The number of aromatic nitrogens is 1. The Morgan fingerprint density at radius 3 is 2.89 bits per heavy atom. The fourth-order valence-corrected chi connectivity index (χ4v) is 1.87. The number of carboxylic acids is 1. The number of hydrogen-bond donors (Lipinski definition) is 2. The summed E-state index contributed by atoms with van der Waals surface area (Å²) in [4.78, 5) is 25.5. The Kier molecular flexibility index (Phi) is 3.62.